The fraction of sp³-hybridized carbons (Fsp3) is 0.520. The molecule has 4 bridgehead atoms. The predicted molar refractivity (Wildman–Crippen MR) is 124 cm³/mol. The number of hydrogen-bond donors (Lipinski definition) is 0. The minimum Gasteiger partial charge on any atom is -0.478 e. The molecule has 1 saturated carbocycles. The molecule has 2 fully saturated rings. The second kappa shape index (κ2) is 7.50. The van der Waals surface area contributed by atoms with Gasteiger partial charge in [-0.25, -0.2) is 0 Å². The third-order valence-corrected chi connectivity index (χ3v) is 7.88. The van der Waals surface area contributed by atoms with E-state index in [0.717, 1.165) is 11.8 Å². The Balaban J connectivity index is 1.74. The second-order valence-electron chi connectivity index (χ2n) is 10.2. The Kier molecular flexibility index (Phi) is 5.13. The summed E-state index contributed by atoms with van der Waals surface area (Å²) < 4.78 is 41.8. The Morgan fingerprint density at radius 1 is 1.26 bits per heavy atom. The van der Waals surface area contributed by atoms with E-state index >= 15 is 0 Å². The SMILES string of the molecule is CC(C)=CCC12OCC3C(CN(C)C)C(C=C4C(=O)c5c(cccc5OS(C)(=O)=O)OC431)C2=O. The molecule has 2 heterocycles. The fourth-order valence-electron chi connectivity index (χ4n) is 6.21. The summed E-state index contributed by atoms with van der Waals surface area (Å²) in [6.45, 7) is 4.86. The monoisotopic (exact) mass is 487 g/mol. The van der Waals surface area contributed by atoms with Crippen molar-refractivity contribution in [2.45, 2.75) is 31.5 Å². The topological polar surface area (TPSA) is 99.2 Å². The normalized spacial score (nSPS) is 33.2. The molecule has 0 radical (unpaired) electrons. The van der Waals surface area contributed by atoms with Crippen molar-refractivity contribution in [1.82, 2.24) is 4.90 Å². The van der Waals surface area contributed by atoms with Crippen LogP contribution < -0.4 is 8.92 Å². The highest BCUT2D eigenvalue weighted by Crippen LogP contribution is 2.65. The van der Waals surface area contributed by atoms with Crippen LogP contribution in [0.1, 0.15) is 30.6 Å². The maximum atomic E-state index is 14.0. The number of carbonyl (C=O) groups excluding carboxylic acids is 2. The van der Waals surface area contributed by atoms with Gasteiger partial charge in [0.2, 0.25) is 0 Å². The molecule has 9 heteroatoms. The molecule has 1 saturated heterocycles. The lowest BCUT2D eigenvalue weighted by Gasteiger charge is -2.58. The molecule has 8 nitrogen and oxygen atoms in total. The average molecular weight is 488 g/mol. The maximum absolute atomic E-state index is 14.0. The van der Waals surface area contributed by atoms with Gasteiger partial charge in [0.05, 0.1) is 12.9 Å². The van der Waals surface area contributed by atoms with Gasteiger partial charge in [0.25, 0.3) is 0 Å². The van der Waals surface area contributed by atoms with Crippen molar-refractivity contribution in [3.8, 4) is 11.5 Å². The third kappa shape index (κ3) is 3.06. The molecule has 6 rings (SSSR count). The number of fused-ring (bicyclic) bond motifs is 1. The zero-order chi connectivity index (χ0) is 24.6. The summed E-state index contributed by atoms with van der Waals surface area (Å²) in [5, 5.41) is 0. The summed E-state index contributed by atoms with van der Waals surface area (Å²) in [5.74, 6) is -1.08. The van der Waals surface area contributed by atoms with Crippen molar-refractivity contribution in [3.05, 3.63) is 47.1 Å². The van der Waals surface area contributed by atoms with E-state index in [1.807, 2.05) is 38.9 Å². The third-order valence-electron chi connectivity index (χ3n) is 7.40. The lowest BCUT2D eigenvalue weighted by molar-refractivity contribution is -0.170. The van der Waals surface area contributed by atoms with Crippen LogP contribution in [0.3, 0.4) is 0 Å². The Morgan fingerprint density at radius 2 is 2.00 bits per heavy atom. The van der Waals surface area contributed by atoms with Gasteiger partial charge in [0.1, 0.15) is 11.3 Å². The number of nitrogens with zero attached hydrogens (tertiary/aromatic N) is 1. The van der Waals surface area contributed by atoms with E-state index < -0.39 is 27.2 Å². The zero-order valence-electron chi connectivity index (χ0n) is 20.0. The van der Waals surface area contributed by atoms with Crippen LogP contribution in [0.25, 0.3) is 0 Å². The summed E-state index contributed by atoms with van der Waals surface area (Å²) in [4.78, 5) is 30.0. The van der Waals surface area contributed by atoms with Gasteiger partial charge in [-0.05, 0) is 46.0 Å². The van der Waals surface area contributed by atoms with E-state index in [1.165, 1.54) is 6.07 Å². The van der Waals surface area contributed by atoms with E-state index in [0.29, 0.717) is 25.1 Å². The minimum absolute atomic E-state index is 0.0609. The molecule has 1 spiro atoms. The number of hydrogen-bond acceptors (Lipinski definition) is 8. The van der Waals surface area contributed by atoms with Crippen LogP contribution in [-0.2, 0) is 19.6 Å². The fourth-order valence-corrected chi connectivity index (χ4v) is 6.67. The zero-order valence-corrected chi connectivity index (χ0v) is 20.8. The van der Waals surface area contributed by atoms with Crippen LogP contribution in [0.5, 0.6) is 11.5 Å². The highest BCUT2D eigenvalue weighted by atomic mass is 32.2. The lowest BCUT2D eigenvalue weighted by atomic mass is 9.49. The van der Waals surface area contributed by atoms with Gasteiger partial charge >= 0.3 is 10.1 Å². The molecule has 1 aromatic rings. The number of rotatable bonds is 6. The Labute approximate surface area is 199 Å². The Morgan fingerprint density at radius 3 is 2.65 bits per heavy atom. The van der Waals surface area contributed by atoms with Gasteiger partial charge in [-0.15, -0.1) is 0 Å². The van der Waals surface area contributed by atoms with Crippen molar-refractivity contribution < 1.29 is 31.7 Å². The summed E-state index contributed by atoms with van der Waals surface area (Å²) in [5.41, 5.74) is -1.12. The van der Waals surface area contributed by atoms with Crippen LogP contribution >= 0.6 is 0 Å². The molecule has 2 aliphatic heterocycles. The maximum Gasteiger partial charge on any atom is 0.306 e. The summed E-state index contributed by atoms with van der Waals surface area (Å²) in [6.07, 6.45) is 4.93. The molecule has 0 aromatic heterocycles. The van der Waals surface area contributed by atoms with Crippen LogP contribution in [-0.4, -0.2) is 69.6 Å². The smallest absolute Gasteiger partial charge is 0.306 e. The van der Waals surface area contributed by atoms with Gasteiger partial charge in [-0.2, -0.15) is 8.42 Å². The van der Waals surface area contributed by atoms with Crippen molar-refractivity contribution >= 4 is 21.7 Å². The summed E-state index contributed by atoms with van der Waals surface area (Å²) in [7, 11) is 0.0481. The van der Waals surface area contributed by atoms with Crippen molar-refractivity contribution in [2.75, 3.05) is 33.5 Å². The van der Waals surface area contributed by atoms with Gasteiger partial charge in [-0.1, -0.05) is 23.8 Å². The molecule has 5 atom stereocenters. The van der Waals surface area contributed by atoms with E-state index in [9.17, 15) is 18.0 Å². The molecular weight excluding hydrogens is 458 g/mol. The first-order valence-corrected chi connectivity index (χ1v) is 13.2. The predicted octanol–water partition coefficient (Wildman–Crippen LogP) is 2.40. The molecule has 1 aromatic carbocycles. The van der Waals surface area contributed by atoms with E-state index in [1.54, 1.807) is 18.2 Å². The first-order chi connectivity index (χ1) is 15.9. The van der Waals surface area contributed by atoms with Gasteiger partial charge in [0.15, 0.2) is 28.5 Å². The average Bonchev–Trinajstić information content (AvgIpc) is 3.01. The molecule has 34 heavy (non-hydrogen) atoms. The second-order valence-corrected chi connectivity index (χ2v) is 11.8. The molecule has 182 valence electrons. The highest BCUT2D eigenvalue weighted by molar-refractivity contribution is 7.86. The van der Waals surface area contributed by atoms with E-state index in [-0.39, 0.29) is 40.5 Å². The quantitative estimate of drug-likeness (QED) is 0.446. The van der Waals surface area contributed by atoms with Crippen molar-refractivity contribution in [2.24, 2.45) is 17.8 Å². The van der Waals surface area contributed by atoms with Crippen molar-refractivity contribution in [3.63, 3.8) is 0 Å². The standard InChI is InChI=1S/C25H29NO7S/c1-14(2)9-10-24-23(28)15-11-17-22(27)21-19(7-6-8-20(21)33-34(5,29)30)32-25(17,24)18(13-31-24)16(15)12-26(3)4/h6-9,11,15-16,18H,10,12-13H2,1-5H3. The largest absolute Gasteiger partial charge is 0.478 e. The first kappa shape index (κ1) is 23.3. The van der Waals surface area contributed by atoms with Crippen molar-refractivity contribution in [1.29, 1.82) is 0 Å². The highest BCUT2D eigenvalue weighted by Gasteiger charge is 2.79. The van der Waals surface area contributed by atoms with Crippen LogP contribution in [0, 0.1) is 17.8 Å². The number of ether oxygens (including phenoxy) is 2. The van der Waals surface area contributed by atoms with Crippen LogP contribution in [0.4, 0.5) is 0 Å². The summed E-state index contributed by atoms with van der Waals surface area (Å²) in [6, 6.07) is 4.63. The molecule has 3 aliphatic carbocycles. The number of allylic oxidation sites excluding steroid dienone is 2. The number of carbonyl (C=O) groups is 2. The molecule has 5 unspecified atom stereocenters. The number of ketones is 2. The van der Waals surface area contributed by atoms with Gasteiger partial charge < -0.3 is 18.6 Å². The van der Waals surface area contributed by atoms with E-state index in [4.69, 9.17) is 13.7 Å². The Hall–Kier alpha value is -2.49. The molecular formula is C25H29NO7S. The van der Waals surface area contributed by atoms with Crippen LogP contribution in [0.15, 0.2) is 41.5 Å². The minimum atomic E-state index is -3.87. The van der Waals surface area contributed by atoms with Gasteiger partial charge in [-0.3, -0.25) is 9.59 Å². The van der Waals surface area contributed by atoms with Gasteiger partial charge in [0, 0.05) is 30.4 Å². The Bertz CT molecular complexity index is 1260. The molecule has 0 N–H and O–H groups in total. The van der Waals surface area contributed by atoms with Crippen LogP contribution in [0.2, 0.25) is 0 Å². The number of benzene rings is 1. The molecule has 0 amide bonds. The van der Waals surface area contributed by atoms with E-state index in [2.05, 4.69) is 0 Å². The summed E-state index contributed by atoms with van der Waals surface area (Å²) >= 11 is 0. The first-order valence-electron chi connectivity index (χ1n) is 11.4. The molecule has 5 aliphatic rings. The number of Topliss-reactive ketones (excluding diaryl/α,β-unsaturated/α-hetero) is 2. The lowest BCUT2D eigenvalue weighted by Crippen LogP contribution is -2.74.